The van der Waals surface area contributed by atoms with Crippen molar-refractivity contribution < 1.29 is 61.9 Å². The van der Waals surface area contributed by atoms with Gasteiger partial charge in [0.05, 0.1) is 0 Å². The average Bonchev–Trinajstić information content (AvgIpc) is 2.62. The first-order chi connectivity index (χ1) is 14.8. The van der Waals surface area contributed by atoms with E-state index >= 15 is 0 Å². The fourth-order valence-corrected chi connectivity index (χ4v) is 2.96. The SMILES string of the molecule is CC(=O)OCC1(COC(C)=O)O[C@H](OC(C)=O)[C@H](OC(C)=O)[C@@H](OC(C)=O)[C@H]1OC(C)=O. The van der Waals surface area contributed by atoms with Crippen molar-refractivity contribution in [3.05, 3.63) is 0 Å². The molecule has 0 aromatic heterocycles. The molecule has 0 N–H and O–H groups in total. The van der Waals surface area contributed by atoms with Crippen LogP contribution in [0, 0.1) is 0 Å². The topological polar surface area (TPSA) is 167 Å². The Bertz CT molecular complexity index is 740. The highest BCUT2D eigenvalue weighted by Gasteiger charge is 2.62. The molecule has 1 aliphatic heterocycles. The molecule has 0 radical (unpaired) electrons. The standard InChI is InChI=1S/C19H26O13/c1-9(20)26-7-19(8-27-10(2)21)17(30-13(5)24)15(28-11(3)22)16(29-12(4)23)18(32-19)31-14(6)25/h15-18H,7-8H2,1-6H3/t15-,16-,17-,18+/m1/s1. The van der Waals surface area contributed by atoms with E-state index in [4.69, 9.17) is 33.2 Å². The largest absolute Gasteiger partial charge is 0.462 e. The normalized spacial score (nSPS) is 23.8. The highest BCUT2D eigenvalue weighted by molar-refractivity contribution is 5.69. The molecular weight excluding hydrogens is 436 g/mol. The van der Waals surface area contributed by atoms with Crippen molar-refractivity contribution in [3.63, 3.8) is 0 Å². The van der Waals surface area contributed by atoms with Crippen LogP contribution in [0.2, 0.25) is 0 Å². The summed E-state index contributed by atoms with van der Waals surface area (Å²) < 4.78 is 36.6. The van der Waals surface area contributed by atoms with E-state index in [1.807, 2.05) is 0 Å². The molecule has 0 aliphatic carbocycles. The fourth-order valence-electron chi connectivity index (χ4n) is 2.96. The van der Waals surface area contributed by atoms with Crippen LogP contribution in [-0.4, -0.2) is 79.2 Å². The minimum atomic E-state index is -2.00. The summed E-state index contributed by atoms with van der Waals surface area (Å²) in [5.74, 6) is -5.02. The molecule has 0 aromatic carbocycles. The Kier molecular flexibility index (Phi) is 9.56. The van der Waals surface area contributed by atoms with Crippen molar-refractivity contribution >= 4 is 35.8 Å². The monoisotopic (exact) mass is 462 g/mol. The van der Waals surface area contributed by atoms with E-state index in [0.717, 1.165) is 41.5 Å². The molecule has 0 saturated carbocycles. The molecule has 13 heteroatoms. The summed E-state index contributed by atoms with van der Waals surface area (Å²) >= 11 is 0. The number of ether oxygens (including phenoxy) is 7. The Morgan fingerprint density at radius 1 is 0.594 bits per heavy atom. The Morgan fingerprint density at radius 3 is 1.38 bits per heavy atom. The zero-order valence-electron chi connectivity index (χ0n) is 18.5. The molecular formula is C19H26O13. The lowest BCUT2D eigenvalue weighted by atomic mass is 9.86. The van der Waals surface area contributed by atoms with Gasteiger partial charge >= 0.3 is 35.8 Å². The minimum Gasteiger partial charge on any atom is -0.462 e. The Balaban J connectivity index is 3.66. The van der Waals surface area contributed by atoms with Crippen molar-refractivity contribution in [2.45, 2.75) is 71.7 Å². The van der Waals surface area contributed by atoms with Crippen LogP contribution < -0.4 is 0 Å². The van der Waals surface area contributed by atoms with Gasteiger partial charge in [-0.3, -0.25) is 28.8 Å². The summed E-state index contributed by atoms with van der Waals surface area (Å²) in [6, 6.07) is 0. The van der Waals surface area contributed by atoms with E-state index in [-0.39, 0.29) is 0 Å². The van der Waals surface area contributed by atoms with Crippen molar-refractivity contribution in [3.8, 4) is 0 Å². The molecule has 1 heterocycles. The van der Waals surface area contributed by atoms with Crippen molar-refractivity contribution in [2.24, 2.45) is 0 Å². The lowest BCUT2D eigenvalue weighted by Crippen LogP contribution is -2.70. The Hall–Kier alpha value is -3.22. The lowest BCUT2D eigenvalue weighted by Gasteiger charge is -2.49. The number of esters is 6. The number of carbonyl (C=O) groups excluding carboxylic acids is 6. The van der Waals surface area contributed by atoms with Gasteiger partial charge in [0, 0.05) is 41.5 Å². The molecule has 1 rings (SSSR count). The lowest BCUT2D eigenvalue weighted by molar-refractivity contribution is -0.339. The van der Waals surface area contributed by atoms with Crippen LogP contribution in [-0.2, 0) is 61.9 Å². The third-order valence-electron chi connectivity index (χ3n) is 3.98. The van der Waals surface area contributed by atoms with Crippen molar-refractivity contribution in [2.75, 3.05) is 13.2 Å². The fraction of sp³-hybridized carbons (Fsp3) is 0.684. The molecule has 0 unspecified atom stereocenters. The zero-order valence-corrected chi connectivity index (χ0v) is 18.5. The maximum Gasteiger partial charge on any atom is 0.305 e. The predicted octanol–water partition coefficient (Wildman–Crippen LogP) is -0.434. The summed E-state index contributed by atoms with van der Waals surface area (Å²) in [5, 5.41) is 0. The molecule has 0 aromatic rings. The van der Waals surface area contributed by atoms with Crippen LogP contribution in [0.3, 0.4) is 0 Å². The van der Waals surface area contributed by atoms with Gasteiger partial charge in [-0.1, -0.05) is 0 Å². The summed E-state index contributed by atoms with van der Waals surface area (Å²) in [6.07, 6.45) is -6.49. The highest BCUT2D eigenvalue weighted by atomic mass is 16.8. The van der Waals surface area contributed by atoms with E-state index in [1.54, 1.807) is 0 Å². The van der Waals surface area contributed by atoms with E-state index in [1.165, 1.54) is 0 Å². The van der Waals surface area contributed by atoms with Crippen molar-refractivity contribution in [1.82, 2.24) is 0 Å². The van der Waals surface area contributed by atoms with Crippen molar-refractivity contribution in [1.29, 1.82) is 0 Å². The third kappa shape index (κ3) is 7.80. The maximum absolute atomic E-state index is 11.9. The van der Waals surface area contributed by atoms with Gasteiger partial charge in [0.25, 0.3) is 0 Å². The number of rotatable bonds is 8. The van der Waals surface area contributed by atoms with Gasteiger partial charge < -0.3 is 33.2 Å². The molecule has 1 saturated heterocycles. The van der Waals surface area contributed by atoms with E-state index in [0.29, 0.717) is 0 Å². The highest BCUT2D eigenvalue weighted by Crippen LogP contribution is 2.37. The van der Waals surface area contributed by atoms with Crippen LogP contribution >= 0.6 is 0 Å². The summed E-state index contributed by atoms with van der Waals surface area (Å²) in [4.78, 5) is 70.0. The van der Waals surface area contributed by atoms with E-state index in [9.17, 15) is 28.8 Å². The Labute approximate surface area is 183 Å². The first-order valence-corrected chi connectivity index (χ1v) is 9.41. The second-order valence-corrected chi connectivity index (χ2v) is 6.90. The van der Waals surface area contributed by atoms with Crippen LogP contribution in [0.15, 0.2) is 0 Å². The maximum atomic E-state index is 11.9. The summed E-state index contributed by atoms with van der Waals surface area (Å²) in [6.45, 7) is 4.96. The number of hydrogen-bond acceptors (Lipinski definition) is 13. The van der Waals surface area contributed by atoms with E-state index in [2.05, 4.69) is 0 Å². The molecule has 13 nitrogen and oxygen atoms in total. The van der Waals surface area contributed by atoms with Gasteiger partial charge in [-0.25, -0.2) is 0 Å². The molecule has 0 spiro atoms. The smallest absolute Gasteiger partial charge is 0.305 e. The van der Waals surface area contributed by atoms with Gasteiger partial charge in [-0.15, -0.1) is 0 Å². The number of hydrogen-bond donors (Lipinski definition) is 0. The summed E-state index contributed by atoms with van der Waals surface area (Å²) in [7, 11) is 0. The van der Waals surface area contributed by atoms with Crippen LogP contribution in [0.4, 0.5) is 0 Å². The molecule has 0 amide bonds. The first kappa shape index (κ1) is 26.8. The molecule has 32 heavy (non-hydrogen) atoms. The first-order valence-electron chi connectivity index (χ1n) is 9.41. The molecule has 1 aliphatic rings. The molecule has 1 fully saturated rings. The summed E-state index contributed by atoms with van der Waals surface area (Å²) in [5.41, 5.74) is -2.00. The minimum absolute atomic E-state index is 0.671. The second-order valence-electron chi connectivity index (χ2n) is 6.90. The van der Waals surface area contributed by atoms with Crippen LogP contribution in [0.5, 0.6) is 0 Å². The quantitative estimate of drug-likeness (QED) is 0.337. The average molecular weight is 462 g/mol. The van der Waals surface area contributed by atoms with E-state index < -0.39 is 79.2 Å². The molecule has 4 atom stereocenters. The van der Waals surface area contributed by atoms with Gasteiger partial charge in [-0.05, 0) is 0 Å². The zero-order chi connectivity index (χ0) is 24.6. The van der Waals surface area contributed by atoms with Crippen LogP contribution in [0.1, 0.15) is 41.5 Å². The van der Waals surface area contributed by atoms with Gasteiger partial charge in [-0.2, -0.15) is 0 Å². The third-order valence-corrected chi connectivity index (χ3v) is 3.98. The van der Waals surface area contributed by atoms with Gasteiger partial charge in [0.2, 0.25) is 12.4 Å². The van der Waals surface area contributed by atoms with Gasteiger partial charge in [0.1, 0.15) is 13.2 Å². The second kappa shape index (κ2) is 11.4. The Morgan fingerprint density at radius 2 is 1.00 bits per heavy atom. The number of carbonyl (C=O) groups is 6. The van der Waals surface area contributed by atoms with Gasteiger partial charge in [0.15, 0.2) is 17.8 Å². The predicted molar refractivity (Wildman–Crippen MR) is 99.3 cm³/mol. The molecule has 180 valence electrons. The van der Waals surface area contributed by atoms with Crippen LogP contribution in [0.25, 0.3) is 0 Å². The molecule has 0 bridgehead atoms.